The van der Waals surface area contributed by atoms with Crippen molar-refractivity contribution in [1.82, 2.24) is 5.32 Å². The molecular formula is C32H44N2O11. The molecule has 2 amide bonds. The summed E-state index contributed by atoms with van der Waals surface area (Å²) >= 11 is 0. The Morgan fingerprint density at radius 3 is 2.20 bits per heavy atom. The normalized spacial score (nSPS) is 13.9. The van der Waals surface area contributed by atoms with E-state index in [1.165, 1.54) is 50.0 Å². The summed E-state index contributed by atoms with van der Waals surface area (Å²) in [5.41, 5.74) is 0.718. The molecule has 0 fully saturated rings. The maximum absolute atomic E-state index is 12.7. The van der Waals surface area contributed by atoms with Crippen molar-refractivity contribution in [3.8, 4) is 17.2 Å². The molecule has 0 aliphatic heterocycles. The number of aliphatic hydroxyl groups is 4. The molecule has 248 valence electrons. The molecule has 45 heavy (non-hydrogen) atoms. The summed E-state index contributed by atoms with van der Waals surface area (Å²) in [5, 5.41) is 63.2. The highest BCUT2D eigenvalue weighted by Crippen LogP contribution is 2.25. The lowest BCUT2D eigenvalue weighted by molar-refractivity contribution is -0.155. The summed E-state index contributed by atoms with van der Waals surface area (Å²) in [7, 11) is 0. The Morgan fingerprint density at radius 2 is 1.56 bits per heavy atom. The van der Waals surface area contributed by atoms with Crippen LogP contribution in [0, 0.1) is 0 Å². The second-order valence-corrected chi connectivity index (χ2v) is 10.4. The number of aromatic hydroxyl groups is 2. The van der Waals surface area contributed by atoms with Gasteiger partial charge in [0.2, 0.25) is 11.8 Å². The summed E-state index contributed by atoms with van der Waals surface area (Å²) in [6, 6.07) is 8.92. The Balaban J connectivity index is 1.87. The molecule has 0 saturated carbocycles. The second kappa shape index (κ2) is 20.0. The van der Waals surface area contributed by atoms with E-state index in [9.17, 15) is 45.0 Å². The van der Waals surface area contributed by atoms with E-state index in [4.69, 9.17) is 9.47 Å². The summed E-state index contributed by atoms with van der Waals surface area (Å²) in [5.74, 6) is -2.99. The first-order valence-electron chi connectivity index (χ1n) is 14.9. The van der Waals surface area contributed by atoms with Crippen LogP contribution in [0.1, 0.15) is 57.4 Å². The number of amides is 2. The molecule has 0 aromatic heterocycles. The van der Waals surface area contributed by atoms with Gasteiger partial charge in [0.05, 0.1) is 19.8 Å². The molecule has 0 heterocycles. The minimum absolute atomic E-state index is 0.335. The number of rotatable bonds is 20. The molecule has 0 aliphatic carbocycles. The topological polar surface area (TPSA) is 215 Å². The minimum Gasteiger partial charge on any atom is -0.504 e. The van der Waals surface area contributed by atoms with Crippen molar-refractivity contribution < 1.29 is 54.5 Å². The van der Waals surface area contributed by atoms with E-state index in [-0.39, 0.29) is 5.75 Å². The van der Waals surface area contributed by atoms with Gasteiger partial charge in [-0.1, -0.05) is 45.1 Å². The van der Waals surface area contributed by atoms with Crippen LogP contribution in [0.4, 0.5) is 5.69 Å². The summed E-state index contributed by atoms with van der Waals surface area (Å²) in [4.78, 5) is 37.6. The van der Waals surface area contributed by atoms with Gasteiger partial charge in [0.25, 0.3) is 0 Å². The zero-order chi connectivity index (χ0) is 33.2. The van der Waals surface area contributed by atoms with Crippen molar-refractivity contribution in [3.05, 3.63) is 54.1 Å². The maximum Gasteiger partial charge on any atom is 0.331 e. The molecule has 2 aromatic carbocycles. The minimum atomic E-state index is -1.90. The third kappa shape index (κ3) is 13.6. The van der Waals surface area contributed by atoms with Crippen LogP contribution in [0.5, 0.6) is 17.2 Å². The Labute approximate surface area is 262 Å². The highest BCUT2D eigenvalue weighted by molar-refractivity contribution is 5.97. The van der Waals surface area contributed by atoms with E-state index in [2.05, 4.69) is 17.6 Å². The van der Waals surface area contributed by atoms with Gasteiger partial charge in [-0.3, -0.25) is 9.59 Å². The van der Waals surface area contributed by atoms with Crippen molar-refractivity contribution in [3.63, 3.8) is 0 Å². The van der Waals surface area contributed by atoms with Crippen molar-refractivity contribution in [1.29, 1.82) is 0 Å². The number of aliphatic hydroxyl groups excluding tert-OH is 4. The molecular weight excluding hydrogens is 588 g/mol. The zero-order valence-corrected chi connectivity index (χ0v) is 25.3. The van der Waals surface area contributed by atoms with Crippen LogP contribution in [0.2, 0.25) is 0 Å². The number of hydrogen-bond acceptors (Lipinski definition) is 11. The van der Waals surface area contributed by atoms with Crippen molar-refractivity contribution in [2.24, 2.45) is 0 Å². The number of ether oxygens (including phenoxy) is 2. The molecule has 4 unspecified atom stereocenters. The smallest absolute Gasteiger partial charge is 0.331 e. The van der Waals surface area contributed by atoms with E-state index < -0.39 is 67.5 Å². The fourth-order valence-corrected chi connectivity index (χ4v) is 4.12. The molecule has 0 aliphatic rings. The number of unbranched alkanes of at least 4 members (excludes halogenated alkanes) is 5. The van der Waals surface area contributed by atoms with Gasteiger partial charge < -0.3 is 50.7 Å². The lowest BCUT2D eigenvalue weighted by atomic mass is 10.1. The first-order valence-corrected chi connectivity index (χ1v) is 14.9. The number of benzene rings is 2. The fraction of sp³-hybridized carbons (Fsp3) is 0.469. The van der Waals surface area contributed by atoms with Crippen LogP contribution in [0.15, 0.2) is 48.5 Å². The summed E-state index contributed by atoms with van der Waals surface area (Å²) in [6.07, 6.45) is 3.32. The fourth-order valence-electron chi connectivity index (χ4n) is 4.12. The molecule has 0 spiro atoms. The predicted octanol–water partition coefficient (Wildman–Crippen LogP) is 1.98. The lowest BCUT2D eigenvalue weighted by Crippen LogP contribution is -2.50. The van der Waals surface area contributed by atoms with Gasteiger partial charge in [0.1, 0.15) is 30.1 Å². The zero-order valence-electron chi connectivity index (χ0n) is 25.3. The quantitative estimate of drug-likeness (QED) is 0.0457. The van der Waals surface area contributed by atoms with E-state index >= 15 is 0 Å². The van der Waals surface area contributed by atoms with Crippen molar-refractivity contribution in [2.45, 2.75) is 76.2 Å². The van der Waals surface area contributed by atoms with Crippen molar-refractivity contribution >= 4 is 29.5 Å². The van der Waals surface area contributed by atoms with E-state index in [0.717, 1.165) is 18.9 Å². The molecule has 0 bridgehead atoms. The van der Waals surface area contributed by atoms with Crippen molar-refractivity contribution in [2.75, 3.05) is 25.1 Å². The number of esters is 1. The average Bonchev–Trinajstić information content (AvgIpc) is 3.03. The van der Waals surface area contributed by atoms with Crippen LogP contribution < -0.4 is 15.4 Å². The standard InChI is InChI=1S/C32H44N2O11/c1-2-3-4-5-6-7-16-44-23-12-10-22(11-13-23)33-31(42)24(19-35)34-32(43)27(39)18-29(28(40)20-36)45-30(41)15-9-21-8-14-25(37)26(38)17-21/h8-15,17,24,27-29,35-40H,2-7,16,18-20H2,1H3,(H,33,42)(H,34,43)/b15-9+. The largest absolute Gasteiger partial charge is 0.504 e. The van der Waals surface area contributed by atoms with Gasteiger partial charge in [-0.25, -0.2) is 4.79 Å². The molecule has 8 N–H and O–H groups in total. The summed E-state index contributed by atoms with van der Waals surface area (Å²) in [6.45, 7) is 1.10. The molecule has 13 heteroatoms. The third-order valence-corrected chi connectivity index (χ3v) is 6.76. The van der Waals surface area contributed by atoms with Crippen LogP contribution in [0.3, 0.4) is 0 Å². The number of carbonyl (C=O) groups excluding carboxylic acids is 3. The van der Waals surface area contributed by atoms with E-state index in [1.54, 1.807) is 24.3 Å². The Kier molecular flexibility index (Phi) is 16.4. The van der Waals surface area contributed by atoms with Gasteiger partial charge in [-0.2, -0.15) is 0 Å². The first kappa shape index (κ1) is 37.0. The van der Waals surface area contributed by atoms with Crippen LogP contribution in [-0.4, -0.2) is 92.6 Å². The number of phenolic OH excluding ortho intramolecular Hbond substituents is 2. The number of anilines is 1. The van der Waals surface area contributed by atoms with Gasteiger partial charge >= 0.3 is 5.97 Å². The van der Waals surface area contributed by atoms with Gasteiger partial charge in [-0.15, -0.1) is 0 Å². The predicted molar refractivity (Wildman–Crippen MR) is 165 cm³/mol. The Bertz CT molecular complexity index is 1240. The molecule has 0 radical (unpaired) electrons. The SMILES string of the molecule is CCCCCCCCOc1ccc(NC(=O)C(CO)NC(=O)C(O)CC(OC(=O)/C=C/c2ccc(O)c(O)c2)C(O)CO)cc1. The molecule has 0 saturated heterocycles. The van der Waals surface area contributed by atoms with E-state index in [1.807, 2.05) is 0 Å². The van der Waals surface area contributed by atoms with E-state index in [0.29, 0.717) is 23.6 Å². The number of phenols is 2. The highest BCUT2D eigenvalue weighted by atomic mass is 16.6. The second-order valence-electron chi connectivity index (χ2n) is 10.4. The molecule has 13 nitrogen and oxygen atoms in total. The molecule has 2 aromatic rings. The van der Waals surface area contributed by atoms with Crippen LogP contribution >= 0.6 is 0 Å². The highest BCUT2D eigenvalue weighted by Gasteiger charge is 2.30. The van der Waals surface area contributed by atoms with Gasteiger partial charge in [0.15, 0.2) is 11.5 Å². The van der Waals surface area contributed by atoms with Crippen LogP contribution in [0.25, 0.3) is 6.08 Å². The third-order valence-electron chi connectivity index (χ3n) is 6.76. The van der Waals surface area contributed by atoms with Crippen LogP contribution in [-0.2, 0) is 19.1 Å². The lowest BCUT2D eigenvalue weighted by Gasteiger charge is -2.24. The summed E-state index contributed by atoms with van der Waals surface area (Å²) < 4.78 is 10.8. The number of nitrogens with one attached hydrogen (secondary N) is 2. The maximum atomic E-state index is 12.7. The Morgan fingerprint density at radius 1 is 0.867 bits per heavy atom. The number of carbonyl (C=O) groups is 3. The van der Waals surface area contributed by atoms with Gasteiger partial charge in [-0.05, 0) is 54.5 Å². The average molecular weight is 633 g/mol. The number of hydrogen-bond donors (Lipinski definition) is 8. The Hall–Kier alpha value is -4.17. The molecule has 4 atom stereocenters. The molecule has 2 rings (SSSR count). The first-order chi connectivity index (χ1) is 21.6. The monoisotopic (exact) mass is 632 g/mol. The van der Waals surface area contributed by atoms with Gasteiger partial charge in [0, 0.05) is 18.2 Å².